The van der Waals surface area contributed by atoms with Crippen molar-refractivity contribution < 1.29 is 18.0 Å². The lowest BCUT2D eigenvalue weighted by molar-refractivity contribution is -0.118. The number of amides is 2. The van der Waals surface area contributed by atoms with Crippen LogP contribution in [0.1, 0.15) is 36.7 Å². The van der Waals surface area contributed by atoms with Crippen molar-refractivity contribution in [3.05, 3.63) is 41.7 Å². The van der Waals surface area contributed by atoms with E-state index in [1.165, 1.54) is 29.2 Å². The number of carbonyl (C=O) groups is 2. The van der Waals surface area contributed by atoms with Crippen molar-refractivity contribution in [2.45, 2.75) is 44.7 Å². The maximum absolute atomic E-state index is 12.6. The molecule has 0 aliphatic heterocycles. The Hall–Kier alpha value is -2.72. The lowest BCUT2D eigenvalue weighted by Crippen LogP contribution is -2.40. The van der Waals surface area contributed by atoms with Crippen molar-refractivity contribution in [2.75, 3.05) is 5.32 Å². The molecule has 2 aromatic rings. The van der Waals surface area contributed by atoms with Gasteiger partial charge in [-0.25, -0.2) is 13.1 Å². The molecule has 2 rings (SSSR count). The Labute approximate surface area is 158 Å². The fourth-order valence-electron chi connectivity index (χ4n) is 2.35. The van der Waals surface area contributed by atoms with Crippen LogP contribution in [0.5, 0.6) is 0 Å². The van der Waals surface area contributed by atoms with Gasteiger partial charge in [0.2, 0.25) is 15.9 Å². The molecule has 146 valence electrons. The van der Waals surface area contributed by atoms with Gasteiger partial charge >= 0.3 is 0 Å². The summed E-state index contributed by atoms with van der Waals surface area (Å²) in [5, 5.41) is 6.55. The van der Waals surface area contributed by atoms with Crippen molar-refractivity contribution >= 4 is 27.5 Å². The van der Waals surface area contributed by atoms with E-state index in [1.807, 2.05) is 0 Å². The largest absolute Gasteiger partial charge is 0.368 e. The van der Waals surface area contributed by atoms with E-state index in [9.17, 15) is 18.0 Å². The molecule has 0 aliphatic rings. The number of hydrogen-bond donors (Lipinski definition) is 3. The molecule has 1 aromatic carbocycles. The van der Waals surface area contributed by atoms with Gasteiger partial charge in [-0.05, 0) is 45.4 Å². The number of primary amides is 1. The molecule has 0 radical (unpaired) electrons. The number of nitrogens with zero attached hydrogens (tertiary/aromatic N) is 2. The summed E-state index contributed by atoms with van der Waals surface area (Å²) >= 11 is 0. The smallest absolute Gasteiger partial charge is 0.256 e. The van der Waals surface area contributed by atoms with Crippen LogP contribution in [0.2, 0.25) is 0 Å². The van der Waals surface area contributed by atoms with Crippen molar-refractivity contribution in [1.82, 2.24) is 14.5 Å². The standard InChI is InChI=1S/C17H23N5O4S/c1-11-5-6-13(27(25,26)21-17(2,3)4)7-14(11)16(24)20-12-8-19-22(9-12)10-15(18)23/h5-9,21H,10H2,1-4H3,(H2,18,23)(H,20,24). The van der Waals surface area contributed by atoms with E-state index in [0.717, 1.165) is 0 Å². The summed E-state index contributed by atoms with van der Waals surface area (Å²) in [6, 6.07) is 4.35. The van der Waals surface area contributed by atoms with Gasteiger partial charge in [-0.2, -0.15) is 5.10 Å². The zero-order valence-corrected chi connectivity index (χ0v) is 16.4. The molecule has 0 saturated heterocycles. The molecule has 10 heteroatoms. The summed E-state index contributed by atoms with van der Waals surface area (Å²) in [5.41, 5.74) is 5.64. The Balaban J connectivity index is 2.26. The maximum atomic E-state index is 12.6. The number of nitrogens with one attached hydrogen (secondary N) is 2. The molecule has 2 amide bonds. The predicted octanol–water partition coefficient (Wildman–Crippen LogP) is 1.01. The van der Waals surface area contributed by atoms with Crippen LogP contribution in [-0.4, -0.2) is 35.6 Å². The first-order valence-electron chi connectivity index (χ1n) is 8.14. The Morgan fingerprint density at radius 1 is 1.26 bits per heavy atom. The molecule has 0 unspecified atom stereocenters. The Morgan fingerprint density at radius 3 is 2.52 bits per heavy atom. The first kappa shape index (κ1) is 20.6. The normalized spacial score (nSPS) is 12.0. The highest BCUT2D eigenvalue weighted by Gasteiger charge is 2.23. The molecule has 27 heavy (non-hydrogen) atoms. The number of hydrogen-bond acceptors (Lipinski definition) is 5. The molecule has 1 heterocycles. The van der Waals surface area contributed by atoms with Gasteiger partial charge < -0.3 is 11.1 Å². The summed E-state index contributed by atoms with van der Waals surface area (Å²) in [6.07, 6.45) is 2.83. The fraction of sp³-hybridized carbons (Fsp3) is 0.353. The molecule has 0 saturated carbocycles. The number of nitrogens with two attached hydrogens (primary N) is 1. The van der Waals surface area contributed by atoms with E-state index in [-0.39, 0.29) is 17.0 Å². The number of anilines is 1. The van der Waals surface area contributed by atoms with Gasteiger partial charge in [0, 0.05) is 17.3 Å². The van der Waals surface area contributed by atoms with E-state index in [0.29, 0.717) is 11.3 Å². The molecular formula is C17H23N5O4S. The van der Waals surface area contributed by atoms with Gasteiger partial charge in [-0.15, -0.1) is 0 Å². The van der Waals surface area contributed by atoms with Gasteiger partial charge in [0.15, 0.2) is 0 Å². The molecule has 0 bridgehead atoms. The molecule has 4 N–H and O–H groups in total. The minimum Gasteiger partial charge on any atom is -0.368 e. The van der Waals surface area contributed by atoms with E-state index < -0.39 is 27.4 Å². The SMILES string of the molecule is Cc1ccc(S(=O)(=O)NC(C)(C)C)cc1C(=O)Nc1cnn(CC(N)=O)c1. The van der Waals surface area contributed by atoms with Crippen LogP contribution in [0.15, 0.2) is 35.5 Å². The second-order valence-corrected chi connectivity index (χ2v) is 8.86. The molecule has 0 atom stereocenters. The van der Waals surface area contributed by atoms with E-state index in [2.05, 4.69) is 15.1 Å². The molecule has 0 aliphatic carbocycles. The Bertz CT molecular complexity index is 973. The average molecular weight is 393 g/mol. The minimum absolute atomic E-state index is 0.00222. The minimum atomic E-state index is -3.77. The number of aryl methyl sites for hydroxylation is 1. The van der Waals surface area contributed by atoms with Crippen molar-refractivity contribution in [1.29, 1.82) is 0 Å². The van der Waals surface area contributed by atoms with Crippen LogP contribution in [0.25, 0.3) is 0 Å². The summed E-state index contributed by atoms with van der Waals surface area (Å²) in [7, 11) is -3.77. The lowest BCUT2D eigenvalue weighted by Gasteiger charge is -2.20. The summed E-state index contributed by atoms with van der Waals surface area (Å²) in [6.45, 7) is 6.79. The van der Waals surface area contributed by atoms with Crippen molar-refractivity contribution in [2.24, 2.45) is 5.73 Å². The highest BCUT2D eigenvalue weighted by molar-refractivity contribution is 7.89. The van der Waals surface area contributed by atoms with E-state index >= 15 is 0 Å². The van der Waals surface area contributed by atoms with E-state index in [1.54, 1.807) is 33.8 Å². The highest BCUT2D eigenvalue weighted by atomic mass is 32.2. The van der Waals surface area contributed by atoms with Crippen LogP contribution in [-0.2, 0) is 21.4 Å². The Kier molecular flexibility index (Phi) is 5.71. The fourth-order valence-corrected chi connectivity index (χ4v) is 3.79. The van der Waals surface area contributed by atoms with Crippen molar-refractivity contribution in [3.63, 3.8) is 0 Å². The third-order valence-electron chi connectivity index (χ3n) is 3.41. The third-order valence-corrected chi connectivity index (χ3v) is 5.17. The zero-order chi connectivity index (χ0) is 20.4. The first-order valence-corrected chi connectivity index (χ1v) is 9.62. The number of aromatic nitrogens is 2. The van der Waals surface area contributed by atoms with Crippen LogP contribution in [0, 0.1) is 6.92 Å². The maximum Gasteiger partial charge on any atom is 0.256 e. The van der Waals surface area contributed by atoms with Crippen LogP contribution >= 0.6 is 0 Å². The van der Waals surface area contributed by atoms with Gasteiger partial charge in [0.25, 0.3) is 5.91 Å². The van der Waals surface area contributed by atoms with Gasteiger partial charge in [-0.1, -0.05) is 6.07 Å². The number of carbonyl (C=O) groups excluding carboxylic acids is 2. The van der Waals surface area contributed by atoms with Crippen LogP contribution in [0.3, 0.4) is 0 Å². The monoisotopic (exact) mass is 393 g/mol. The van der Waals surface area contributed by atoms with Gasteiger partial charge in [0.1, 0.15) is 6.54 Å². The Morgan fingerprint density at radius 2 is 1.93 bits per heavy atom. The topological polar surface area (TPSA) is 136 Å². The number of benzene rings is 1. The van der Waals surface area contributed by atoms with Crippen LogP contribution < -0.4 is 15.8 Å². The second-order valence-electron chi connectivity index (χ2n) is 7.18. The number of sulfonamides is 1. The lowest BCUT2D eigenvalue weighted by atomic mass is 10.1. The highest BCUT2D eigenvalue weighted by Crippen LogP contribution is 2.19. The summed E-state index contributed by atoms with van der Waals surface area (Å²) in [5.74, 6) is -1.05. The molecule has 9 nitrogen and oxygen atoms in total. The first-order chi connectivity index (χ1) is 12.4. The summed E-state index contributed by atoms with van der Waals surface area (Å²) in [4.78, 5) is 23.5. The third kappa shape index (κ3) is 5.63. The second kappa shape index (κ2) is 7.49. The molecule has 1 aromatic heterocycles. The molecular weight excluding hydrogens is 370 g/mol. The van der Waals surface area contributed by atoms with Crippen molar-refractivity contribution in [3.8, 4) is 0 Å². The molecule has 0 fully saturated rings. The number of rotatable bonds is 6. The van der Waals surface area contributed by atoms with Gasteiger partial charge in [-0.3, -0.25) is 14.3 Å². The zero-order valence-electron chi connectivity index (χ0n) is 15.6. The average Bonchev–Trinajstić information content (AvgIpc) is 2.91. The van der Waals surface area contributed by atoms with Gasteiger partial charge in [0.05, 0.1) is 16.8 Å². The molecule has 0 spiro atoms. The van der Waals surface area contributed by atoms with E-state index in [4.69, 9.17) is 5.73 Å². The van der Waals surface area contributed by atoms with Crippen LogP contribution in [0.4, 0.5) is 5.69 Å². The predicted molar refractivity (Wildman–Crippen MR) is 101 cm³/mol. The quantitative estimate of drug-likeness (QED) is 0.673. The summed E-state index contributed by atoms with van der Waals surface area (Å²) < 4.78 is 28.8.